The van der Waals surface area contributed by atoms with E-state index < -0.39 is 0 Å². The molecule has 1 aliphatic carbocycles. The normalized spacial score (nSPS) is 21.9. The molecule has 6 heteroatoms. The number of halogens is 1. The second kappa shape index (κ2) is 9.15. The topological polar surface area (TPSA) is 62.9 Å². The minimum Gasteiger partial charge on any atom is -0.379 e. The Morgan fingerprint density at radius 3 is 2.76 bits per heavy atom. The van der Waals surface area contributed by atoms with Crippen LogP contribution in [0.4, 0.5) is 4.39 Å². The van der Waals surface area contributed by atoms with E-state index in [-0.39, 0.29) is 11.9 Å². The average Bonchev–Trinajstić information content (AvgIpc) is 2.64. The highest BCUT2D eigenvalue weighted by molar-refractivity contribution is 5.78. The van der Waals surface area contributed by atoms with E-state index in [0.29, 0.717) is 31.8 Å². The summed E-state index contributed by atoms with van der Waals surface area (Å²) in [6, 6.07) is 7.25. The predicted octanol–water partition coefficient (Wildman–Crippen LogP) is 2.44. The number of guanidine groups is 1. The number of benzene rings is 1. The van der Waals surface area contributed by atoms with Gasteiger partial charge in [0.25, 0.3) is 0 Å². The molecule has 5 nitrogen and oxygen atoms in total. The van der Waals surface area contributed by atoms with Gasteiger partial charge in [-0.1, -0.05) is 31.4 Å². The Morgan fingerprint density at radius 1 is 1.28 bits per heavy atom. The van der Waals surface area contributed by atoms with E-state index in [4.69, 9.17) is 10.5 Å². The third-order valence-corrected chi connectivity index (χ3v) is 5.11. The van der Waals surface area contributed by atoms with Gasteiger partial charge in [-0.05, 0) is 30.5 Å². The number of aliphatic imine (C=N–C) groups is 1. The summed E-state index contributed by atoms with van der Waals surface area (Å²) in [6.07, 6.45) is 6.14. The first-order valence-corrected chi connectivity index (χ1v) is 9.36. The smallest absolute Gasteiger partial charge is 0.188 e. The van der Waals surface area contributed by atoms with Gasteiger partial charge in [0.1, 0.15) is 5.82 Å². The number of morpholine rings is 1. The molecule has 2 aliphatic rings. The predicted molar refractivity (Wildman–Crippen MR) is 98.0 cm³/mol. The Labute approximate surface area is 149 Å². The van der Waals surface area contributed by atoms with Crippen LogP contribution in [0.5, 0.6) is 0 Å². The standard InChI is InChI=1S/C19H29FN4O/c20-16-6-4-5-15(13-16)18(24-9-11-25-12-10-24)14-22-19(21)23-17-7-2-1-3-8-17/h4-6,13,17-18H,1-3,7-12,14H2,(H3,21,22,23). The van der Waals surface area contributed by atoms with Gasteiger partial charge >= 0.3 is 0 Å². The van der Waals surface area contributed by atoms with Crippen LogP contribution in [0.3, 0.4) is 0 Å². The summed E-state index contributed by atoms with van der Waals surface area (Å²) in [4.78, 5) is 6.88. The molecule has 1 unspecified atom stereocenters. The van der Waals surface area contributed by atoms with Gasteiger partial charge in [-0.15, -0.1) is 0 Å². The summed E-state index contributed by atoms with van der Waals surface area (Å²) in [5.41, 5.74) is 7.05. The number of rotatable bonds is 5. The Bertz CT molecular complexity index is 568. The molecule has 1 saturated heterocycles. The van der Waals surface area contributed by atoms with Crippen molar-refractivity contribution < 1.29 is 9.13 Å². The van der Waals surface area contributed by atoms with Crippen molar-refractivity contribution in [2.24, 2.45) is 10.7 Å². The van der Waals surface area contributed by atoms with Crippen molar-refractivity contribution in [3.05, 3.63) is 35.6 Å². The van der Waals surface area contributed by atoms with Gasteiger partial charge in [-0.2, -0.15) is 0 Å². The number of nitrogens with zero attached hydrogens (tertiary/aromatic N) is 2. The highest BCUT2D eigenvalue weighted by Crippen LogP contribution is 2.23. The SMILES string of the molecule is NC(=NCC(c1cccc(F)c1)N1CCOCC1)NC1CCCCC1. The minimum atomic E-state index is -0.215. The molecule has 0 bridgehead atoms. The molecule has 1 saturated carbocycles. The molecule has 1 heterocycles. The van der Waals surface area contributed by atoms with E-state index in [1.54, 1.807) is 12.1 Å². The second-order valence-corrected chi connectivity index (χ2v) is 6.92. The second-order valence-electron chi connectivity index (χ2n) is 6.92. The fourth-order valence-corrected chi connectivity index (χ4v) is 3.72. The maximum absolute atomic E-state index is 13.7. The maximum atomic E-state index is 13.7. The van der Waals surface area contributed by atoms with E-state index in [1.165, 1.54) is 25.3 Å². The lowest BCUT2D eigenvalue weighted by Gasteiger charge is -2.34. The van der Waals surface area contributed by atoms with Crippen LogP contribution >= 0.6 is 0 Å². The number of hydrogen-bond acceptors (Lipinski definition) is 3. The Balaban J connectivity index is 1.67. The zero-order valence-corrected chi connectivity index (χ0v) is 14.8. The van der Waals surface area contributed by atoms with Gasteiger partial charge in [-0.3, -0.25) is 9.89 Å². The summed E-state index contributed by atoms with van der Waals surface area (Å²) < 4.78 is 19.1. The highest BCUT2D eigenvalue weighted by atomic mass is 19.1. The van der Waals surface area contributed by atoms with Crippen LogP contribution in [-0.4, -0.2) is 49.7 Å². The molecule has 3 rings (SSSR count). The van der Waals surface area contributed by atoms with Crippen molar-refractivity contribution in [3.63, 3.8) is 0 Å². The maximum Gasteiger partial charge on any atom is 0.188 e. The lowest BCUT2D eigenvalue weighted by atomic mass is 9.96. The molecule has 2 fully saturated rings. The van der Waals surface area contributed by atoms with E-state index in [9.17, 15) is 4.39 Å². The van der Waals surface area contributed by atoms with Crippen molar-refractivity contribution in [2.45, 2.75) is 44.2 Å². The molecule has 1 atom stereocenters. The first kappa shape index (κ1) is 18.1. The Hall–Kier alpha value is -1.66. The van der Waals surface area contributed by atoms with E-state index in [1.807, 2.05) is 6.07 Å². The van der Waals surface area contributed by atoms with Crippen molar-refractivity contribution in [3.8, 4) is 0 Å². The molecule has 1 aromatic rings. The Kier molecular flexibility index (Phi) is 6.64. The summed E-state index contributed by atoms with van der Waals surface area (Å²) in [5.74, 6) is 0.287. The van der Waals surface area contributed by atoms with Gasteiger partial charge in [0.2, 0.25) is 0 Å². The van der Waals surface area contributed by atoms with Crippen molar-refractivity contribution in [2.75, 3.05) is 32.8 Å². The van der Waals surface area contributed by atoms with Gasteiger partial charge < -0.3 is 15.8 Å². The van der Waals surface area contributed by atoms with Gasteiger partial charge in [-0.25, -0.2) is 4.39 Å². The zero-order valence-electron chi connectivity index (χ0n) is 14.8. The first-order valence-electron chi connectivity index (χ1n) is 9.36. The van der Waals surface area contributed by atoms with Gasteiger partial charge in [0.15, 0.2) is 5.96 Å². The summed E-state index contributed by atoms with van der Waals surface area (Å²) >= 11 is 0. The van der Waals surface area contributed by atoms with Crippen molar-refractivity contribution >= 4 is 5.96 Å². The van der Waals surface area contributed by atoms with Crippen LogP contribution in [0.2, 0.25) is 0 Å². The fraction of sp³-hybridized carbons (Fsp3) is 0.632. The molecular weight excluding hydrogens is 319 g/mol. The molecular formula is C19H29FN4O. The largest absolute Gasteiger partial charge is 0.379 e. The number of nitrogens with one attached hydrogen (secondary N) is 1. The number of hydrogen-bond donors (Lipinski definition) is 2. The van der Waals surface area contributed by atoms with Crippen LogP contribution in [0.1, 0.15) is 43.7 Å². The summed E-state index contributed by atoms with van der Waals surface area (Å²) in [6.45, 7) is 3.57. The molecule has 0 aromatic heterocycles. The van der Waals surface area contributed by atoms with E-state index in [2.05, 4.69) is 15.2 Å². The molecule has 0 amide bonds. The minimum absolute atomic E-state index is 0.0197. The lowest BCUT2D eigenvalue weighted by molar-refractivity contribution is 0.0179. The molecule has 1 aromatic carbocycles. The summed E-state index contributed by atoms with van der Waals surface area (Å²) in [5, 5.41) is 3.35. The molecule has 25 heavy (non-hydrogen) atoms. The zero-order chi connectivity index (χ0) is 17.5. The highest BCUT2D eigenvalue weighted by Gasteiger charge is 2.23. The fourth-order valence-electron chi connectivity index (χ4n) is 3.72. The van der Waals surface area contributed by atoms with E-state index >= 15 is 0 Å². The molecule has 0 spiro atoms. The van der Waals surface area contributed by atoms with Crippen LogP contribution in [0, 0.1) is 5.82 Å². The van der Waals surface area contributed by atoms with Crippen molar-refractivity contribution in [1.82, 2.24) is 10.2 Å². The quantitative estimate of drug-likeness (QED) is 0.634. The Morgan fingerprint density at radius 2 is 2.04 bits per heavy atom. The van der Waals surface area contributed by atoms with Crippen LogP contribution in [-0.2, 0) is 4.74 Å². The first-order chi connectivity index (χ1) is 12.2. The van der Waals surface area contributed by atoms with Crippen molar-refractivity contribution in [1.29, 1.82) is 0 Å². The third-order valence-electron chi connectivity index (χ3n) is 5.11. The van der Waals surface area contributed by atoms with Crippen LogP contribution in [0.25, 0.3) is 0 Å². The van der Waals surface area contributed by atoms with Gasteiger partial charge in [0.05, 0.1) is 25.8 Å². The van der Waals surface area contributed by atoms with Crippen LogP contribution in [0.15, 0.2) is 29.3 Å². The summed E-state index contributed by atoms with van der Waals surface area (Å²) in [7, 11) is 0. The molecule has 138 valence electrons. The third kappa shape index (κ3) is 5.41. The van der Waals surface area contributed by atoms with E-state index in [0.717, 1.165) is 31.5 Å². The number of nitrogens with two attached hydrogens (primary N) is 1. The lowest BCUT2D eigenvalue weighted by Crippen LogP contribution is -2.43. The molecule has 3 N–H and O–H groups in total. The molecule has 1 aliphatic heterocycles. The molecule has 0 radical (unpaired) electrons. The average molecular weight is 348 g/mol. The monoisotopic (exact) mass is 348 g/mol. The van der Waals surface area contributed by atoms with Gasteiger partial charge in [0, 0.05) is 19.1 Å². The van der Waals surface area contributed by atoms with Crippen LogP contribution < -0.4 is 11.1 Å². The number of ether oxygens (including phenoxy) is 1.